The number of anilines is 1. The largest absolute Gasteiger partial charge is 0.370 e. The number of halogens is 1. The molecule has 2 aliphatic rings. The highest BCUT2D eigenvalue weighted by molar-refractivity contribution is 5.47. The fourth-order valence-electron chi connectivity index (χ4n) is 3.16. The van der Waals surface area contributed by atoms with Gasteiger partial charge in [-0.3, -0.25) is 4.90 Å². The van der Waals surface area contributed by atoms with Gasteiger partial charge in [0.15, 0.2) is 0 Å². The third kappa shape index (κ3) is 3.07. The lowest BCUT2D eigenvalue weighted by Gasteiger charge is -2.27. The van der Waals surface area contributed by atoms with Gasteiger partial charge in [-0.05, 0) is 50.2 Å². The Balaban J connectivity index is 1.61. The Morgan fingerprint density at radius 1 is 1.05 bits per heavy atom. The van der Waals surface area contributed by atoms with Crippen molar-refractivity contribution in [2.24, 2.45) is 0 Å². The van der Waals surface area contributed by atoms with Gasteiger partial charge in [-0.2, -0.15) is 0 Å². The zero-order valence-electron chi connectivity index (χ0n) is 11.3. The Hall–Kier alpha value is -1.13. The van der Waals surface area contributed by atoms with Crippen molar-refractivity contribution < 1.29 is 4.39 Å². The number of rotatable bonds is 2. The number of hydrogen-bond donors (Lipinski definition) is 1. The molecule has 1 aromatic carbocycles. The summed E-state index contributed by atoms with van der Waals surface area (Å²) in [5, 5.41) is 3.45. The van der Waals surface area contributed by atoms with Crippen LogP contribution in [0.4, 0.5) is 10.1 Å². The summed E-state index contributed by atoms with van der Waals surface area (Å²) in [5.74, 6) is -0.155. The molecule has 3 nitrogen and oxygen atoms in total. The van der Waals surface area contributed by atoms with Gasteiger partial charge in [0, 0.05) is 37.9 Å². The highest BCUT2D eigenvalue weighted by Gasteiger charge is 2.27. The molecule has 19 heavy (non-hydrogen) atoms. The minimum atomic E-state index is -0.155. The van der Waals surface area contributed by atoms with E-state index >= 15 is 0 Å². The summed E-state index contributed by atoms with van der Waals surface area (Å²) in [5.41, 5.74) is 1.15. The van der Waals surface area contributed by atoms with E-state index in [2.05, 4.69) is 15.1 Å². The Kier molecular flexibility index (Phi) is 3.99. The molecule has 104 valence electrons. The molecule has 2 aliphatic heterocycles. The van der Waals surface area contributed by atoms with Crippen molar-refractivity contribution >= 4 is 5.69 Å². The molecule has 4 heteroatoms. The van der Waals surface area contributed by atoms with Gasteiger partial charge in [0.1, 0.15) is 5.82 Å². The monoisotopic (exact) mass is 263 g/mol. The van der Waals surface area contributed by atoms with E-state index in [0.717, 1.165) is 38.4 Å². The lowest BCUT2D eigenvalue weighted by Crippen LogP contribution is -2.39. The number of benzene rings is 1. The summed E-state index contributed by atoms with van der Waals surface area (Å²) in [6.07, 6.45) is 2.46. The zero-order chi connectivity index (χ0) is 13.1. The van der Waals surface area contributed by atoms with Crippen molar-refractivity contribution in [2.45, 2.75) is 18.9 Å². The molecule has 1 N–H and O–H groups in total. The quantitative estimate of drug-likeness (QED) is 0.876. The minimum Gasteiger partial charge on any atom is -0.370 e. The molecular weight excluding hydrogens is 241 g/mol. The molecule has 2 fully saturated rings. The van der Waals surface area contributed by atoms with Crippen molar-refractivity contribution in [1.82, 2.24) is 10.2 Å². The Labute approximate surface area is 114 Å². The van der Waals surface area contributed by atoms with E-state index in [9.17, 15) is 4.39 Å². The molecule has 0 amide bonds. The van der Waals surface area contributed by atoms with Crippen molar-refractivity contribution in [1.29, 1.82) is 0 Å². The van der Waals surface area contributed by atoms with Crippen LogP contribution in [0.1, 0.15) is 12.8 Å². The van der Waals surface area contributed by atoms with Gasteiger partial charge >= 0.3 is 0 Å². The van der Waals surface area contributed by atoms with Crippen LogP contribution in [0.3, 0.4) is 0 Å². The topological polar surface area (TPSA) is 18.5 Å². The third-order valence-electron chi connectivity index (χ3n) is 4.25. The van der Waals surface area contributed by atoms with Crippen LogP contribution in [-0.2, 0) is 0 Å². The predicted molar refractivity (Wildman–Crippen MR) is 76.1 cm³/mol. The molecule has 1 unspecified atom stereocenters. The minimum absolute atomic E-state index is 0.155. The van der Waals surface area contributed by atoms with E-state index in [1.165, 1.54) is 19.4 Å². The van der Waals surface area contributed by atoms with Crippen LogP contribution in [0.2, 0.25) is 0 Å². The van der Waals surface area contributed by atoms with Crippen LogP contribution in [0.5, 0.6) is 0 Å². The van der Waals surface area contributed by atoms with Crippen molar-refractivity contribution in [3.63, 3.8) is 0 Å². The second kappa shape index (κ2) is 5.88. The van der Waals surface area contributed by atoms with Crippen molar-refractivity contribution in [2.75, 3.05) is 44.2 Å². The maximum atomic E-state index is 13.0. The Bertz CT molecular complexity index is 398. The third-order valence-corrected chi connectivity index (χ3v) is 4.25. The summed E-state index contributed by atoms with van der Waals surface area (Å²) in [4.78, 5) is 4.99. The van der Waals surface area contributed by atoms with Crippen LogP contribution in [0.25, 0.3) is 0 Å². The predicted octanol–water partition coefficient (Wildman–Crippen LogP) is 1.70. The molecule has 1 aromatic rings. The van der Waals surface area contributed by atoms with Crippen molar-refractivity contribution in [3.8, 4) is 0 Å². The molecule has 3 rings (SSSR count). The second-order valence-electron chi connectivity index (χ2n) is 5.50. The molecule has 0 bridgehead atoms. The van der Waals surface area contributed by atoms with Gasteiger partial charge in [0.25, 0.3) is 0 Å². The highest BCUT2D eigenvalue weighted by atomic mass is 19.1. The Morgan fingerprint density at radius 2 is 1.89 bits per heavy atom. The van der Waals surface area contributed by atoms with E-state index in [0.29, 0.717) is 6.04 Å². The van der Waals surface area contributed by atoms with Crippen LogP contribution in [0, 0.1) is 5.82 Å². The average Bonchev–Trinajstić information content (AvgIpc) is 2.76. The SMILES string of the molecule is Fc1ccc(N2CCC(N3CCCNCC3)C2)cc1. The van der Waals surface area contributed by atoms with E-state index in [4.69, 9.17) is 0 Å². The summed E-state index contributed by atoms with van der Waals surface area (Å²) in [7, 11) is 0. The van der Waals surface area contributed by atoms with Gasteiger partial charge < -0.3 is 10.2 Å². The molecule has 0 aliphatic carbocycles. The smallest absolute Gasteiger partial charge is 0.123 e. The van der Waals surface area contributed by atoms with E-state index < -0.39 is 0 Å². The first kappa shape index (κ1) is 12.9. The van der Waals surface area contributed by atoms with E-state index in [1.807, 2.05) is 12.1 Å². The fraction of sp³-hybridized carbons (Fsp3) is 0.600. The maximum Gasteiger partial charge on any atom is 0.123 e. The van der Waals surface area contributed by atoms with Gasteiger partial charge in [0.05, 0.1) is 0 Å². The average molecular weight is 263 g/mol. The van der Waals surface area contributed by atoms with Gasteiger partial charge in [-0.1, -0.05) is 0 Å². The van der Waals surface area contributed by atoms with Crippen LogP contribution < -0.4 is 10.2 Å². The van der Waals surface area contributed by atoms with Gasteiger partial charge in [-0.15, -0.1) is 0 Å². The second-order valence-corrected chi connectivity index (χ2v) is 5.50. The fourth-order valence-corrected chi connectivity index (χ4v) is 3.16. The summed E-state index contributed by atoms with van der Waals surface area (Å²) in [6.45, 7) is 6.76. The first-order valence-electron chi connectivity index (χ1n) is 7.28. The van der Waals surface area contributed by atoms with Gasteiger partial charge in [0.2, 0.25) is 0 Å². The highest BCUT2D eigenvalue weighted by Crippen LogP contribution is 2.23. The number of nitrogens with one attached hydrogen (secondary N) is 1. The molecule has 1 atom stereocenters. The van der Waals surface area contributed by atoms with E-state index in [-0.39, 0.29) is 5.82 Å². The first-order chi connectivity index (χ1) is 9.33. The molecule has 0 radical (unpaired) electrons. The summed E-state index contributed by atoms with van der Waals surface area (Å²) >= 11 is 0. The first-order valence-corrected chi connectivity index (χ1v) is 7.28. The van der Waals surface area contributed by atoms with Gasteiger partial charge in [-0.25, -0.2) is 4.39 Å². The Morgan fingerprint density at radius 3 is 2.74 bits per heavy atom. The van der Waals surface area contributed by atoms with Crippen LogP contribution in [0.15, 0.2) is 24.3 Å². The lowest BCUT2D eigenvalue weighted by atomic mass is 10.2. The molecule has 0 aromatic heterocycles. The summed E-state index contributed by atoms with van der Waals surface area (Å²) < 4.78 is 13.0. The molecule has 0 spiro atoms. The molecular formula is C15H22FN3. The molecule has 0 saturated carbocycles. The van der Waals surface area contributed by atoms with Crippen molar-refractivity contribution in [3.05, 3.63) is 30.1 Å². The van der Waals surface area contributed by atoms with Crippen LogP contribution in [-0.4, -0.2) is 50.2 Å². The molecule has 2 saturated heterocycles. The number of nitrogens with zero attached hydrogens (tertiary/aromatic N) is 2. The molecule has 2 heterocycles. The standard InChI is InChI=1S/C15H22FN3/c16-13-2-4-14(5-3-13)19-10-6-15(12-19)18-9-1-7-17-8-11-18/h2-5,15,17H,1,6-12H2. The zero-order valence-corrected chi connectivity index (χ0v) is 11.3. The maximum absolute atomic E-state index is 13.0. The summed E-state index contributed by atoms with van der Waals surface area (Å²) in [6, 6.07) is 7.55. The number of hydrogen-bond acceptors (Lipinski definition) is 3. The van der Waals surface area contributed by atoms with E-state index in [1.54, 1.807) is 12.1 Å². The lowest BCUT2D eigenvalue weighted by molar-refractivity contribution is 0.224. The normalized spacial score (nSPS) is 25.5. The van der Waals surface area contributed by atoms with Crippen LogP contribution >= 0.6 is 0 Å².